The van der Waals surface area contributed by atoms with E-state index >= 15 is 0 Å². The molecule has 1 aliphatic heterocycles. The molecule has 0 aliphatic carbocycles. The smallest absolute Gasteiger partial charge is 0.243 e. The lowest BCUT2D eigenvalue weighted by molar-refractivity contribution is 0.127. The van der Waals surface area contributed by atoms with Gasteiger partial charge in [-0.05, 0) is 37.8 Å². The van der Waals surface area contributed by atoms with Crippen molar-refractivity contribution in [1.82, 2.24) is 4.31 Å². The van der Waals surface area contributed by atoms with Gasteiger partial charge in [-0.1, -0.05) is 31.5 Å². The second-order valence-electron chi connectivity index (χ2n) is 5.86. The third kappa shape index (κ3) is 3.04. The van der Waals surface area contributed by atoms with Gasteiger partial charge < -0.3 is 0 Å². The van der Waals surface area contributed by atoms with E-state index in [1.54, 1.807) is 24.3 Å². The maximum absolute atomic E-state index is 13.6. The van der Waals surface area contributed by atoms with Gasteiger partial charge in [0, 0.05) is 12.6 Å². The number of nitrogens with zero attached hydrogens (tertiary/aromatic N) is 1. The summed E-state index contributed by atoms with van der Waals surface area (Å²) in [6.45, 7) is 6.07. The summed E-state index contributed by atoms with van der Waals surface area (Å²) < 4.78 is 40.5. The number of hydrogen-bond acceptors (Lipinski definition) is 2. The van der Waals surface area contributed by atoms with E-state index in [0.717, 1.165) is 5.56 Å². The first-order valence-electron chi connectivity index (χ1n) is 7.05. The molecule has 1 heterocycles. The van der Waals surface area contributed by atoms with E-state index in [4.69, 9.17) is 0 Å². The first-order chi connectivity index (χ1) is 9.32. The Kier molecular flexibility index (Phi) is 4.49. The van der Waals surface area contributed by atoms with Crippen molar-refractivity contribution >= 4 is 10.0 Å². The first-order valence-corrected chi connectivity index (χ1v) is 8.49. The summed E-state index contributed by atoms with van der Waals surface area (Å²) >= 11 is 0. The number of rotatable bonds is 3. The van der Waals surface area contributed by atoms with Crippen LogP contribution in [0.25, 0.3) is 0 Å². The minimum atomic E-state index is -3.53. The van der Waals surface area contributed by atoms with Crippen LogP contribution in [0.15, 0.2) is 29.2 Å². The second kappa shape index (κ2) is 5.82. The van der Waals surface area contributed by atoms with Crippen LogP contribution in [-0.2, 0) is 10.0 Å². The Balaban J connectivity index is 2.34. The fraction of sp³-hybridized carbons (Fsp3) is 0.600. The van der Waals surface area contributed by atoms with Gasteiger partial charge in [-0.15, -0.1) is 0 Å². The molecule has 0 saturated carbocycles. The minimum absolute atomic E-state index is 0.105. The second-order valence-corrected chi connectivity index (χ2v) is 7.75. The Morgan fingerprint density at radius 2 is 1.85 bits per heavy atom. The molecule has 0 amide bonds. The van der Waals surface area contributed by atoms with Gasteiger partial charge in [0.2, 0.25) is 10.0 Å². The van der Waals surface area contributed by atoms with Crippen LogP contribution in [0.3, 0.4) is 0 Å². The average molecular weight is 299 g/mol. The molecular weight excluding hydrogens is 277 g/mol. The predicted octanol–water partition coefficient (Wildman–Crippen LogP) is 3.14. The SMILES string of the molecule is Cc1ccc(S(=O)(=O)N2CC[C@@H](F)C[C@@H]2C(C)C)cc1. The molecule has 0 aromatic heterocycles. The monoisotopic (exact) mass is 299 g/mol. The molecule has 3 nitrogen and oxygen atoms in total. The number of halogens is 1. The van der Waals surface area contributed by atoms with Crippen molar-refractivity contribution in [3.8, 4) is 0 Å². The molecular formula is C15H22FNO2S. The molecule has 0 N–H and O–H groups in total. The zero-order valence-electron chi connectivity index (χ0n) is 12.2. The summed E-state index contributed by atoms with van der Waals surface area (Å²) in [5, 5.41) is 0. The van der Waals surface area contributed by atoms with E-state index in [2.05, 4.69) is 0 Å². The lowest BCUT2D eigenvalue weighted by Crippen LogP contribution is -2.49. The van der Waals surface area contributed by atoms with Gasteiger partial charge in [-0.3, -0.25) is 0 Å². The highest BCUT2D eigenvalue weighted by Gasteiger charge is 2.38. The van der Waals surface area contributed by atoms with Crippen LogP contribution >= 0.6 is 0 Å². The molecule has 0 radical (unpaired) electrons. The highest BCUT2D eigenvalue weighted by molar-refractivity contribution is 7.89. The van der Waals surface area contributed by atoms with Gasteiger partial charge in [-0.2, -0.15) is 4.31 Å². The number of hydrogen-bond donors (Lipinski definition) is 0. The van der Waals surface area contributed by atoms with Crippen molar-refractivity contribution in [3.05, 3.63) is 29.8 Å². The molecule has 5 heteroatoms. The van der Waals surface area contributed by atoms with Crippen LogP contribution in [0.4, 0.5) is 4.39 Å². The van der Waals surface area contributed by atoms with Crippen LogP contribution in [0.2, 0.25) is 0 Å². The number of aryl methyl sites for hydroxylation is 1. The van der Waals surface area contributed by atoms with Crippen LogP contribution in [-0.4, -0.2) is 31.5 Å². The topological polar surface area (TPSA) is 37.4 Å². The highest BCUT2D eigenvalue weighted by atomic mass is 32.2. The van der Waals surface area contributed by atoms with Crippen molar-refractivity contribution in [2.24, 2.45) is 5.92 Å². The van der Waals surface area contributed by atoms with E-state index in [0.29, 0.717) is 11.3 Å². The lowest BCUT2D eigenvalue weighted by atomic mass is 9.94. The zero-order chi connectivity index (χ0) is 14.9. The maximum Gasteiger partial charge on any atom is 0.243 e. The third-order valence-corrected chi connectivity index (χ3v) is 5.87. The van der Waals surface area contributed by atoms with Crippen molar-refractivity contribution in [1.29, 1.82) is 0 Å². The van der Waals surface area contributed by atoms with Gasteiger partial charge in [0.15, 0.2) is 0 Å². The van der Waals surface area contributed by atoms with E-state index in [1.807, 2.05) is 20.8 Å². The molecule has 112 valence electrons. The molecule has 1 saturated heterocycles. The summed E-state index contributed by atoms with van der Waals surface area (Å²) in [6.07, 6.45) is -0.316. The molecule has 0 spiro atoms. The van der Waals surface area contributed by atoms with Crippen LogP contribution in [0.1, 0.15) is 32.3 Å². The Bertz CT molecular complexity index is 554. The minimum Gasteiger partial charge on any atom is -0.247 e. The number of benzene rings is 1. The molecule has 20 heavy (non-hydrogen) atoms. The molecule has 2 atom stereocenters. The third-order valence-electron chi connectivity index (χ3n) is 3.93. The summed E-state index contributed by atoms with van der Waals surface area (Å²) in [7, 11) is -3.53. The molecule has 1 aromatic carbocycles. The fourth-order valence-electron chi connectivity index (χ4n) is 2.68. The highest BCUT2D eigenvalue weighted by Crippen LogP contribution is 2.30. The van der Waals surface area contributed by atoms with Gasteiger partial charge >= 0.3 is 0 Å². The fourth-order valence-corrected chi connectivity index (χ4v) is 4.46. The summed E-state index contributed by atoms with van der Waals surface area (Å²) in [6, 6.07) is 6.58. The summed E-state index contributed by atoms with van der Waals surface area (Å²) in [4.78, 5) is 0.297. The van der Waals surface area contributed by atoms with Crippen LogP contribution in [0.5, 0.6) is 0 Å². The normalized spacial score (nSPS) is 25.1. The first kappa shape index (κ1) is 15.4. The maximum atomic E-state index is 13.6. The Morgan fingerprint density at radius 1 is 1.25 bits per heavy atom. The number of sulfonamides is 1. The van der Waals surface area contributed by atoms with E-state index in [-0.39, 0.29) is 24.9 Å². The Morgan fingerprint density at radius 3 is 2.40 bits per heavy atom. The predicted molar refractivity (Wildman–Crippen MR) is 77.8 cm³/mol. The van der Waals surface area contributed by atoms with Gasteiger partial charge in [0.1, 0.15) is 6.17 Å². The molecule has 1 aromatic rings. The number of piperidine rings is 1. The largest absolute Gasteiger partial charge is 0.247 e. The van der Waals surface area contributed by atoms with Gasteiger partial charge in [0.25, 0.3) is 0 Å². The summed E-state index contributed by atoms with van der Waals surface area (Å²) in [5.41, 5.74) is 1.02. The molecule has 0 unspecified atom stereocenters. The van der Waals surface area contributed by atoms with Crippen molar-refractivity contribution in [3.63, 3.8) is 0 Å². The summed E-state index contributed by atoms with van der Waals surface area (Å²) in [5.74, 6) is 0.105. The van der Waals surface area contributed by atoms with Gasteiger partial charge in [-0.25, -0.2) is 12.8 Å². The Hall–Kier alpha value is -0.940. The molecule has 1 fully saturated rings. The average Bonchev–Trinajstić information content (AvgIpc) is 2.38. The molecule has 1 aliphatic rings. The zero-order valence-corrected chi connectivity index (χ0v) is 13.0. The van der Waals surface area contributed by atoms with Crippen LogP contribution < -0.4 is 0 Å². The van der Waals surface area contributed by atoms with E-state index in [9.17, 15) is 12.8 Å². The quantitative estimate of drug-likeness (QED) is 0.860. The lowest BCUT2D eigenvalue weighted by Gasteiger charge is -2.38. The Labute approximate surface area is 120 Å². The molecule has 2 rings (SSSR count). The van der Waals surface area contributed by atoms with Crippen molar-refractivity contribution < 1.29 is 12.8 Å². The molecule has 0 bridgehead atoms. The van der Waals surface area contributed by atoms with Gasteiger partial charge in [0.05, 0.1) is 4.90 Å². The van der Waals surface area contributed by atoms with E-state index in [1.165, 1.54) is 4.31 Å². The van der Waals surface area contributed by atoms with Crippen LogP contribution in [0, 0.1) is 12.8 Å². The number of alkyl halides is 1. The van der Waals surface area contributed by atoms with E-state index < -0.39 is 16.2 Å². The standard InChI is InChI=1S/C15H22FNO2S/c1-11(2)15-10-13(16)8-9-17(15)20(18,19)14-6-4-12(3)5-7-14/h4-7,11,13,15H,8-10H2,1-3H3/t13-,15-/m1/s1. The van der Waals surface area contributed by atoms with Crippen molar-refractivity contribution in [2.45, 2.75) is 50.7 Å². The van der Waals surface area contributed by atoms with Crippen molar-refractivity contribution in [2.75, 3.05) is 6.54 Å².